The summed E-state index contributed by atoms with van der Waals surface area (Å²) >= 11 is 0. The molecule has 0 spiro atoms. The molecule has 2 N–H and O–H groups in total. The van der Waals surface area contributed by atoms with Crippen LogP contribution >= 0.6 is 0 Å². The minimum atomic E-state index is -4.55. The molecule has 0 aliphatic heterocycles. The van der Waals surface area contributed by atoms with Gasteiger partial charge in [0.2, 0.25) is 5.91 Å². The van der Waals surface area contributed by atoms with Crippen molar-refractivity contribution in [1.29, 1.82) is 0 Å². The van der Waals surface area contributed by atoms with E-state index in [9.17, 15) is 22.8 Å². The van der Waals surface area contributed by atoms with Crippen molar-refractivity contribution in [1.82, 2.24) is 15.1 Å². The molecule has 2 rings (SSSR count). The largest absolute Gasteiger partial charge is 0.435 e. The maximum atomic E-state index is 12.4. The minimum absolute atomic E-state index is 0.317. The molecule has 0 fully saturated rings. The van der Waals surface area contributed by atoms with Gasteiger partial charge < -0.3 is 10.6 Å². The first-order valence-corrected chi connectivity index (χ1v) is 6.52. The van der Waals surface area contributed by atoms with E-state index in [4.69, 9.17) is 0 Å². The van der Waals surface area contributed by atoms with Gasteiger partial charge in [-0.15, -0.1) is 0 Å². The maximum absolute atomic E-state index is 12.4. The standard InChI is InChI=1S/C14H13F3N4O2/c1-18-13(23)9-3-2-4-10(7-9)19-12(22)8-21-6-5-11(20-21)14(15,16)17/h2-7H,8H2,1H3,(H,18,23)(H,19,22). The van der Waals surface area contributed by atoms with Crippen molar-refractivity contribution in [2.24, 2.45) is 0 Å². The van der Waals surface area contributed by atoms with Crippen molar-refractivity contribution in [2.45, 2.75) is 12.7 Å². The number of hydrogen-bond donors (Lipinski definition) is 2. The van der Waals surface area contributed by atoms with E-state index < -0.39 is 17.8 Å². The normalized spacial score (nSPS) is 11.1. The highest BCUT2D eigenvalue weighted by atomic mass is 19.4. The third-order valence-electron chi connectivity index (χ3n) is 2.87. The number of nitrogens with zero attached hydrogens (tertiary/aromatic N) is 2. The molecule has 9 heteroatoms. The Morgan fingerprint density at radius 3 is 2.61 bits per heavy atom. The summed E-state index contributed by atoms with van der Waals surface area (Å²) in [6.07, 6.45) is -3.48. The molecule has 2 aromatic rings. The molecule has 0 bridgehead atoms. The van der Waals surface area contributed by atoms with Crippen LogP contribution in [-0.4, -0.2) is 28.6 Å². The number of hydrogen-bond acceptors (Lipinski definition) is 3. The molecule has 0 radical (unpaired) electrons. The summed E-state index contributed by atoms with van der Waals surface area (Å²) in [6, 6.07) is 6.96. The Hall–Kier alpha value is -2.84. The summed E-state index contributed by atoms with van der Waals surface area (Å²) in [5.74, 6) is -0.876. The van der Waals surface area contributed by atoms with Gasteiger partial charge >= 0.3 is 6.18 Å². The van der Waals surface area contributed by atoms with Gasteiger partial charge in [0.15, 0.2) is 5.69 Å². The van der Waals surface area contributed by atoms with Crippen LogP contribution < -0.4 is 10.6 Å². The molecule has 1 aromatic heterocycles. The Morgan fingerprint density at radius 2 is 2.00 bits per heavy atom. The van der Waals surface area contributed by atoms with Crippen molar-refractivity contribution in [3.63, 3.8) is 0 Å². The van der Waals surface area contributed by atoms with Gasteiger partial charge in [-0.05, 0) is 24.3 Å². The number of carbonyl (C=O) groups excluding carboxylic acids is 2. The highest BCUT2D eigenvalue weighted by molar-refractivity contribution is 5.96. The van der Waals surface area contributed by atoms with Gasteiger partial charge in [0.05, 0.1) is 0 Å². The highest BCUT2D eigenvalue weighted by Crippen LogP contribution is 2.27. The molecule has 23 heavy (non-hydrogen) atoms. The van der Waals surface area contributed by atoms with Crippen LogP contribution in [0.2, 0.25) is 0 Å². The van der Waals surface area contributed by atoms with Crippen LogP contribution in [0.25, 0.3) is 0 Å². The molecule has 1 heterocycles. The topological polar surface area (TPSA) is 76.0 Å². The zero-order valence-electron chi connectivity index (χ0n) is 12.0. The van der Waals surface area contributed by atoms with Crippen LogP contribution in [0.5, 0.6) is 0 Å². The zero-order chi connectivity index (χ0) is 17.0. The second kappa shape index (κ2) is 6.51. The molecule has 0 unspecified atom stereocenters. The lowest BCUT2D eigenvalue weighted by atomic mass is 10.2. The number of halogens is 3. The van der Waals surface area contributed by atoms with Gasteiger partial charge in [-0.1, -0.05) is 6.07 Å². The van der Waals surface area contributed by atoms with Gasteiger partial charge in [0.25, 0.3) is 5.91 Å². The summed E-state index contributed by atoms with van der Waals surface area (Å²) in [5.41, 5.74) is -0.352. The Labute approximate surface area is 129 Å². The van der Waals surface area contributed by atoms with E-state index in [1.165, 1.54) is 13.1 Å². The lowest BCUT2D eigenvalue weighted by Gasteiger charge is -2.07. The summed E-state index contributed by atoms with van der Waals surface area (Å²) in [6.45, 7) is -0.375. The van der Waals surface area contributed by atoms with Crippen molar-refractivity contribution < 1.29 is 22.8 Å². The summed E-state index contributed by atoms with van der Waals surface area (Å²) in [4.78, 5) is 23.3. The first-order chi connectivity index (χ1) is 10.8. The molecule has 6 nitrogen and oxygen atoms in total. The SMILES string of the molecule is CNC(=O)c1cccc(NC(=O)Cn2ccc(C(F)(F)F)n2)c1. The molecule has 2 amide bonds. The number of amides is 2. The Bertz CT molecular complexity index is 725. The van der Waals surface area contributed by atoms with Crippen LogP contribution in [0.1, 0.15) is 16.1 Å². The minimum Gasteiger partial charge on any atom is -0.355 e. The number of nitrogens with one attached hydrogen (secondary N) is 2. The quantitative estimate of drug-likeness (QED) is 0.901. The predicted molar refractivity (Wildman–Crippen MR) is 75.7 cm³/mol. The molecule has 0 saturated carbocycles. The fourth-order valence-electron chi connectivity index (χ4n) is 1.83. The van der Waals surface area contributed by atoms with Crippen molar-refractivity contribution in [3.05, 3.63) is 47.8 Å². The van der Waals surface area contributed by atoms with Gasteiger partial charge in [-0.25, -0.2) is 0 Å². The fourth-order valence-corrected chi connectivity index (χ4v) is 1.83. The molecule has 122 valence electrons. The number of rotatable bonds is 4. The van der Waals surface area contributed by atoms with Crippen LogP contribution in [0, 0.1) is 0 Å². The first kappa shape index (κ1) is 16.5. The van der Waals surface area contributed by atoms with Crippen molar-refractivity contribution in [3.8, 4) is 0 Å². The molecule has 0 aliphatic rings. The van der Waals surface area contributed by atoms with Crippen LogP contribution in [-0.2, 0) is 17.5 Å². The molecular weight excluding hydrogens is 313 g/mol. The number of aromatic nitrogens is 2. The number of carbonyl (C=O) groups is 2. The van der Waals surface area contributed by atoms with Crippen molar-refractivity contribution in [2.75, 3.05) is 12.4 Å². The predicted octanol–water partition coefficient (Wildman–Crippen LogP) is 1.90. The molecule has 1 aromatic carbocycles. The third-order valence-corrected chi connectivity index (χ3v) is 2.87. The lowest BCUT2D eigenvalue weighted by molar-refractivity contribution is -0.141. The molecular formula is C14H13F3N4O2. The third kappa shape index (κ3) is 4.31. The summed E-state index contributed by atoms with van der Waals surface area (Å²) in [7, 11) is 1.48. The second-order valence-corrected chi connectivity index (χ2v) is 4.60. The molecule has 0 aliphatic carbocycles. The zero-order valence-corrected chi connectivity index (χ0v) is 12.0. The van der Waals surface area contributed by atoms with E-state index >= 15 is 0 Å². The summed E-state index contributed by atoms with van der Waals surface area (Å²) < 4.78 is 38.2. The maximum Gasteiger partial charge on any atom is 0.435 e. The Morgan fingerprint density at radius 1 is 1.26 bits per heavy atom. The number of alkyl halides is 3. The fraction of sp³-hybridized carbons (Fsp3) is 0.214. The second-order valence-electron chi connectivity index (χ2n) is 4.60. The van der Waals surface area contributed by atoms with Gasteiger partial charge in [-0.3, -0.25) is 14.3 Å². The molecule has 0 atom stereocenters. The molecule has 0 saturated heterocycles. The van der Waals surface area contributed by atoms with Crippen molar-refractivity contribution >= 4 is 17.5 Å². The Kier molecular flexibility index (Phi) is 4.68. The summed E-state index contributed by atoms with van der Waals surface area (Å²) in [5, 5.41) is 8.23. The van der Waals surface area contributed by atoms with Crippen LogP contribution in [0.3, 0.4) is 0 Å². The highest BCUT2D eigenvalue weighted by Gasteiger charge is 2.33. The first-order valence-electron chi connectivity index (χ1n) is 6.52. The van der Waals surface area contributed by atoms with Crippen LogP contribution in [0.15, 0.2) is 36.5 Å². The van der Waals surface area contributed by atoms with E-state index in [2.05, 4.69) is 15.7 Å². The van der Waals surface area contributed by atoms with Gasteiger partial charge in [-0.2, -0.15) is 18.3 Å². The van der Waals surface area contributed by atoms with Crippen LogP contribution in [0.4, 0.5) is 18.9 Å². The lowest BCUT2D eigenvalue weighted by Crippen LogP contribution is -2.21. The number of benzene rings is 1. The average Bonchev–Trinajstić information content (AvgIpc) is 2.95. The van der Waals surface area contributed by atoms with E-state index in [1.54, 1.807) is 18.2 Å². The van der Waals surface area contributed by atoms with E-state index in [0.717, 1.165) is 16.9 Å². The number of anilines is 1. The van der Waals surface area contributed by atoms with E-state index in [0.29, 0.717) is 11.3 Å². The van der Waals surface area contributed by atoms with E-state index in [-0.39, 0.29) is 12.5 Å². The van der Waals surface area contributed by atoms with Gasteiger partial charge in [0, 0.05) is 24.5 Å². The smallest absolute Gasteiger partial charge is 0.355 e. The average molecular weight is 326 g/mol. The Balaban J connectivity index is 2.02. The monoisotopic (exact) mass is 326 g/mol. The van der Waals surface area contributed by atoms with E-state index in [1.807, 2.05) is 0 Å². The van der Waals surface area contributed by atoms with Gasteiger partial charge in [0.1, 0.15) is 6.54 Å².